The monoisotopic (exact) mass is 234 g/mol. The molecule has 0 aromatic carbocycles. The standard InChI is InChI=1S/C13H18N2O2/c1-9(2)8-15(11-4-5-11)12-6-3-10(7-14-12)13(16)17/h3,6-7,9,11H,4-5,8H2,1-2H3,(H,16,17). The molecule has 0 radical (unpaired) electrons. The van der Waals surface area contributed by atoms with Gasteiger partial charge in [-0.2, -0.15) is 0 Å². The van der Waals surface area contributed by atoms with Crippen molar-refractivity contribution in [1.82, 2.24) is 4.98 Å². The predicted octanol–water partition coefficient (Wildman–Crippen LogP) is 2.40. The Kier molecular flexibility index (Phi) is 3.31. The molecule has 0 aliphatic heterocycles. The van der Waals surface area contributed by atoms with Crippen molar-refractivity contribution in [1.29, 1.82) is 0 Å². The van der Waals surface area contributed by atoms with Crippen LogP contribution in [-0.4, -0.2) is 28.6 Å². The molecule has 0 atom stereocenters. The molecule has 17 heavy (non-hydrogen) atoms. The zero-order chi connectivity index (χ0) is 12.4. The summed E-state index contributed by atoms with van der Waals surface area (Å²) < 4.78 is 0. The van der Waals surface area contributed by atoms with Gasteiger partial charge in [-0.05, 0) is 30.9 Å². The molecule has 0 spiro atoms. The summed E-state index contributed by atoms with van der Waals surface area (Å²) in [5.74, 6) is 0.550. The minimum atomic E-state index is -0.925. The minimum absolute atomic E-state index is 0.244. The fourth-order valence-corrected chi connectivity index (χ4v) is 1.89. The van der Waals surface area contributed by atoms with Crippen LogP contribution >= 0.6 is 0 Å². The lowest BCUT2D eigenvalue weighted by molar-refractivity contribution is 0.0696. The maximum absolute atomic E-state index is 10.8. The van der Waals surface area contributed by atoms with E-state index in [2.05, 4.69) is 23.7 Å². The van der Waals surface area contributed by atoms with E-state index in [1.807, 2.05) is 6.07 Å². The van der Waals surface area contributed by atoms with Crippen molar-refractivity contribution in [2.24, 2.45) is 5.92 Å². The number of carbonyl (C=O) groups is 1. The SMILES string of the molecule is CC(C)CN(c1ccc(C(=O)O)cn1)C1CC1. The molecule has 0 bridgehead atoms. The second-order valence-corrected chi connectivity index (χ2v) is 4.99. The fourth-order valence-electron chi connectivity index (χ4n) is 1.89. The van der Waals surface area contributed by atoms with Gasteiger partial charge in [-0.3, -0.25) is 0 Å². The second kappa shape index (κ2) is 4.73. The van der Waals surface area contributed by atoms with Crippen molar-refractivity contribution in [2.75, 3.05) is 11.4 Å². The number of nitrogens with zero attached hydrogens (tertiary/aromatic N) is 2. The summed E-state index contributed by atoms with van der Waals surface area (Å²) in [7, 11) is 0. The van der Waals surface area contributed by atoms with Crippen LogP contribution in [0.2, 0.25) is 0 Å². The lowest BCUT2D eigenvalue weighted by Gasteiger charge is -2.25. The number of aromatic carboxylic acids is 1. The van der Waals surface area contributed by atoms with Gasteiger partial charge in [-0.15, -0.1) is 0 Å². The molecular weight excluding hydrogens is 216 g/mol. The molecule has 0 saturated heterocycles. The van der Waals surface area contributed by atoms with Crippen molar-refractivity contribution < 1.29 is 9.90 Å². The highest BCUT2D eigenvalue weighted by Gasteiger charge is 2.30. The maximum atomic E-state index is 10.8. The van der Waals surface area contributed by atoms with E-state index >= 15 is 0 Å². The Bertz CT molecular complexity index is 396. The quantitative estimate of drug-likeness (QED) is 0.850. The lowest BCUT2D eigenvalue weighted by atomic mass is 10.2. The number of aromatic nitrogens is 1. The first kappa shape index (κ1) is 11.9. The van der Waals surface area contributed by atoms with E-state index in [0.29, 0.717) is 12.0 Å². The average Bonchev–Trinajstić information content (AvgIpc) is 3.09. The molecule has 4 heteroatoms. The third-order valence-corrected chi connectivity index (χ3v) is 2.84. The zero-order valence-corrected chi connectivity index (χ0v) is 10.3. The molecule has 1 fully saturated rings. The number of carboxylic acids is 1. The molecule has 0 amide bonds. The normalized spacial score (nSPS) is 15.0. The zero-order valence-electron chi connectivity index (χ0n) is 10.3. The van der Waals surface area contributed by atoms with Crippen molar-refractivity contribution >= 4 is 11.8 Å². The molecule has 1 heterocycles. The first-order valence-corrected chi connectivity index (χ1v) is 6.04. The summed E-state index contributed by atoms with van der Waals surface area (Å²) in [6.07, 6.45) is 3.87. The summed E-state index contributed by atoms with van der Waals surface area (Å²) >= 11 is 0. The summed E-state index contributed by atoms with van der Waals surface area (Å²) in [5.41, 5.74) is 0.244. The van der Waals surface area contributed by atoms with Crippen LogP contribution in [0.5, 0.6) is 0 Å². The van der Waals surface area contributed by atoms with Crippen LogP contribution in [0.4, 0.5) is 5.82 Å². The Morgan fingerprint density at radius 2 is 2.24 bits per heavy atom. The maximum Gasteiger partial charge on any atom is 0.337 e. The number of hydrogen-bond acceptors (Lipinski definition) is 3. The summed E-state index contributed by atoms with van der Waals surface area (Å²) in [6.45, 7) is 5.34. The predicted molar refractivity (Wildman–Crippen MR) is 66.4 cm³/mol. The lowest BCUT2D eigenvalue weighted by Crippen LogP contribution is -2.30. The number of rotatable bonds is 5. The van der Waals surface area contributed by atoms with Gasteiger partial charge in [-0.1, -0.05) is 13.8 Å². The summed E-state index contributed by atoms with van der Waals surface area (Å²) in [6, 6.07) is 4.03. The molecule has 1 aromatic heterocycles. The van der Waals surface area contributed by atoms with Gasteiger partial charge >= 0.3 is 5.97 Å². The van der Waals surface area contributed by atoms with Crippen LogP contribution in [0, 0.1) is 5.92 Å². The summed E-state index contributed by atoms with van der Waals surface area (Å²) in [5, 5.41) is 8.83. The van der Waals surface area contributed by atoms with Gasteiger partial charge in [-0.25, -0.2) is 9.78 Å². The third-order valence-electron chi connectivity index (χ3n) is 2.84. The van der Waals surface area contributed by atoms with Gasteiger partial charge in [0.1, 0.15) is 5.82 Å². The molecule has 0 unspecified atom stereocenters. The Hall–Kier alpha value is -1.58. The van der Waals surface area contributed by atoms with Gasteiger partial charge < -0.3 is 10.0 Å². The Morgan fingerprint density at radius 3 is 2.65 bits per heavy atom. The van der Waals surface area contributed by atoms with Crippen molar-refractivity contribution in [3.05, 3.63) is 23.9 Å². The van der Waals surface area contributed by atoms with Gasteiger partial charge in [0, 0.05) is 18.8 Å². The minimum Gasteiger partial charge on any atom is -0.478 e. The van der Waals surface area contributed by atoms with E-state index in [9.17, 15) is 4.79 Å². The van der Waals surface area contributed by atoms with E-state index < -0.39 is 5.97 Å². The fraction of sp³-hybridized carbons (Fsp3) is 0.538. The molecule has 1 aliphatic rings. The highest BCUT2D eigenvalue weighted by Crippen LogP contribution is 2.31. The average molecular weight is 234 g/mol. The molecule has 1 N–H and O–H groups in total. The molecule has 92 valence electrons. The van der Waals surface area contributed by atoms with Gasteiger partial charge in [0.25, 0.3) is 0 Å². The van der Waals surface area contributed by atoms with Gasteiger partial charge in [0.2, 0.25) is 0 Å². The van der Waals surface area contributed by atoms with Gasteiger partial charge in [0.15, 0.2) is 0 Å². The first-order valence-electron chi connectivity index (χ1n) is 6.04. The van der Waals surface area contributed by atoms with Crippen LogP contribution in [-0.2, 0) is 0 Å². The van der Waals surface area contributed by atoms with Crippen LogP contribution in [0.3, 0.4) is 0 Å². The van der Waals surface area contributed by atoms with Crippen LogP contribution in [0.1, 0.15) is 37.0 Å². The molecular formula is C13H18N2O2. The van der Waals surface area contributed by atoms with Crippen molar-refractivity contribution in [3.63, 3.8) is 0 Å². The van der Waals surface area contributed by atoms with Crippen molar-refractivity contribution in [2.45, 2.75) is 32.7 Å². The Morgan fingerprint density at radius 1 is 1.53 bits per heavy atom. The van der Waals surface area contributed by atoms with E-state index in [1.165, 1.54) is 19.0 Å². The molecule has 2 rings (SSSR count). The van der Waals surface area contributed by atoms with E-state index in [-0.39, 0.29) is 5.56 Å². The van der Waals surface area contributed by atoms with E-state index in [4.69, 9.17) is 5.11 Å². The summed E-state index contributed by atoms with van der Waals surface area (Å²) in [4.78, 5) is 17.3. The van der Waals surface area contributed by atoms with E-state index in [1.54, 1.807) is 6.07 Å². The van der Waals surface area contributed by atoms with Crippen LogP contribution in [0.15, 0.2) is 18.3 Å². The number of hydrogen-bond donors (Lipinski definition) is 1. The smallest absolute Gasteiger partial charge is 0.337 e. The first-order chi connectivity index (χ1) is 8.08. The van der Waals surface area contributed by atoms with Gasteiger partial charge in [0.05, 0.1) is 5.56 Å². The highest BCUT2D eigenvalue weighted by molar-refractivity contribution is 5.87. The van der Waals surface area contributed by atoms with Crippen LogP contribution < -0.4 is 4.90 Å². The van der Waals surface area contributed by atoms with Crippen LogP contribution in [0.25, 0.3) is 0 Å². The molecule has 1 saturated carbocycles. The molecule has 1 aliphatic carbocycles. The van der Waals surface area contributed by atoms with Crippen molar-refractivity contribution in [3.8, 4) is 0 Å². The number of pyridine rings is 1. The topological polar surface area (TPSA) is 53.4 Å². The Balaban J connectivity index is 2.15. The highest BCUT2D eigenvalue weighted by atomic mass is 16.4. The Labute approximate surface area is 101 Å². The second-order valence-electron chi connectivity index (χ2n) is 4.99. The largest absolute Gasteiger partial charge is 0.478 e. The number of anilines is 1. The third kappa shape index (κ3) is 2.96. The van der Waals surface area contributed by atoms with E-state index in [0.717, 1.165) is 12.4 Å². The molecule has 4 nitrogen and oxygen atoms in total. The molecule has 1 aromatic rings. The number of carboxylic acid groups (broad SMARTS) is 1.